The second kappa shape index (κ2) is 6.36. The quantitative estimate of drug-likeness (QED) is 0.830. The SMILES string of the molecule is CC(C)(C)CN(CCc1ccc(C=O)cc1)C(=O)O. The summed E-state index contributed by atoms with van der Waals surface area (Å²) in [6, 6.07) is 7.22. The molecule has 0 aliphatic heterocycles. The number of carbonyl (C=O) groups is 2. The number of nitrogens with zero attached hydrogens (tertiary/aromatic N) is 1. The minimum Gasteiger partial charge on any atom is -0.465 e. The molecule has 1 amide bonds. The fourth-order valence-corrected chi connectivity index (χ4v) is 1.84. The topological polar surface area (TPSA) is 57.6 Å². The van der Waals surface area contributed by atoms with Crippen LogP contribution < -0.4 is 0 Å². The van der Waals surface area contributed by atoms with Crippen molar-refractivity contribution in [2.45, 2.75) is 27.2 Å². The van der Waals surface area contributed by atoms with Gasteiger partial charge in [-0.25, -0.2) is 4.79 Å². The van der Waals surface area contributed by atoms with Gasteiger partial charge >= 0.3 is 6.09 Å². The fraction of sp³-hybridized carbons (Fsp3) is 0.467. The minimum atomic E-state index is -0.889. The Morgan fingerprint density at radius 2 is 1.84 bits per heavy atom. The number of hydrogen-bond donors (Lipinski definition) is 1. The highest BCUT2D eigenvalue weighted by molar-refractivity contribution is 5.74. The number of hydrogen-bond acceptors (Lipinski definition) is 2. The predicted molar refractivity (Wildman–Crippen MR) is 74.6 cm³/mol. The van der Waals surface area contributed by atoms with E-state index in [4.69, 9.17) is 0 Å². The molecule has 4 heteroatoms. The van der Waals surface area contributed by atoms with Crippen LogP contribution in [-0.4, -0.2) is 35.5 Å². The molecule has 0 bridgehead atoms. The summed E-state index contributed by atoms with van der Waals surface area (Å²) >= 11 is 0. The fourth-order valence-electron chi connectivity index (χ4n) is 1.84. The number of rotatable bonds is 5. The van der Waals surface area contributed by atoms with Crippen LogP contribution in [0.1, 0.15) is 36.7 Å². The molecule has 0 saturated heterocycles. The molecule has 0 atom stereocenters. The smallest absolute Gasteiger partial charge is 0.407 e. The molecule has 104 valence electrons. The normalized spacial score (nSPS) is 11.1. The molecular weight excluding hydrogens is 242 g/mol. The van der Waals surface area contributed by atoms with E-state index < -0.39 is 6.09 Å². The van der Waals surface area contributed by atoms with Gasteiger partial charge in [-0.15, -0.1) is 0 Å². The number of aldehydes is 1. The Morgan fingerprint density at radius 3 is 2.26 bits per heavy atom. The zero-order valence-corrected chi connectivity index (χ0v) is 11.7. The van der Waals surface area contributed by atoms with Crippen molar-refractivity contribution in [1.82, 2.24) is 4.90 Å². The van der Waals surface area contributed by atoms with Crippen LogP contribution in [-0.2, 0) is 6.42 Å². The number of benzene rings is 1. The van der Waals surface area contributed by atoms with Crippen LogP contribution in [0.15, 0.2) is 24.3 Å². The lowest BCUT2D eigenvalue weighted by atomic mass is 9.96. The van der Waals surface area contributed by atoms with E-state index in [0.29, 0.717) is 25.1 Å². The van der Waals surface area contributed by atoms with E-state index in [2.05, 4.69) is 0 Å². The lowest BCUT2D eigenvalue weighted by Gasteiger charge is -2.27. The van der Waals surface area contributed by atoms with E-state index >= 15 is 0 Å². The molecule has 0 aliphatic carbocycles. The van der Waals surface area contributed by atoms with E-state index in [1.807, 2.05) is 32.9 Å². The predicted octanol–water partition coefficient (Wildman–Crippen LogP) is 3.07. The Hall–Kier alpha value is -1.84. The van der Waals surface area contributed by atoms with Crippen molar-refractivity contribution in [2.24, 2.45) is 5.41 Å². The summed E-state index contributed by atoms with van der Waals surface area (Å²) < 4.78 is 0. The summed E-state index contributed by atoms with van der Waals surface area (Å²) in [5, 5.41) is 9.18. The van der Waals surface area contributed by atoms with Crippen LogP contribution in [0.25, 0.3) is 0 Å². The van der Waals surface area contributed by atoms with E-state index in [9.17, 15) is 14.7 Å². The number of carbonyl (C=O) groups excluding carboxylic acids is 1. The summed E-state index contributed by atoms with van der Waals surface area (Å²) in [5.41, 5.74) is 1.61. The van der Waals surface area contributed by atoms with Crippen LogP contribution >= 0.6 is 0 Å². The second-order valence-electron chi connectivity index (χ2n) is 5.87. The van der Waals surface area contributed by atoms with Gasteiger partial charge in [0.2, 0.25) is 0 Å². The number of amides is 1. The molecule has 4 nitrogen and oxygen atoms in total. The Bertz CT molecular complexity index is 432. The van der Waals surface area contributed by atoms with E-state index in [-0.39, 0.29) is 5.41 Å². The molecule has 0 aliphatic rings. The first-order valence-corrected chi connectivity index (χ1v) is 6.34. The van der Waals surface area contributed by atoms with Crippen molar-refractivity contribution < 1.29 is 14.7 Å². The molecule has 19 heavy (non-hydrogen) atoms. The van der Waals surface area contributed by atoms with Gasteiger partial charge in [-0.05, 0) is 17.4 Å². The Morgan fingerprint density at radius 1 is 1.26 bits per heavy atom. The van der Waals surface area contributed by atoms with Crippen molar-refractivity contribution in [3.05, 3.63) is 35.4 Å². The average Bonchev–Trinajstić information content (AvgIpc) is 2.33. The molecule has 0 radical (unpaired) electrons. The zero-order chi connectivity index (χ0) is 14.5. The molecule has 1 N–H and O–H groups in total. The van der Waals surface area contributed by atoms with E-state index in [0.717, 1.165) is 11.8 Å². The Labute approximate surface area is 114 Å². The van der Waals surface area contributed by atoms with Gasteiger partial charge < -0.3 is 10.0 Å². The highest BCUT2D eigenvalue weighted by Crippen LogP contribution is 2.16. The van der Waals surface area contributed by atoms with Crippen molar-refractivity contribution in [2.75, 3.05) is 13.1 Å². The van der Waals surface area contributed by atoms with E-state index in [1.54, 1.807) is 12.1 Å². The van der Waals surface area contributed by atoms with Gasteiger partial charge in [-0.3, -0.25) is 4.79 Å². The lowest BCUT2D eigenvalue weighted by molar-refractivity contribution is 0.112. The second-order valence-corrected chi connectivity index (χ2v) is 5.87. The summed E-state index contributed by atoms with van der Waals surface area (Å²) in [6.45, 7) is 7.02. The molecule has 0 heterocycles. The lowest BCUT2D eigenvalue weighted by Crippen LogP contribution is -2.38. The Balaban J connectivity index is 2.60. The molecule has 1 aromatic carbocycles. The van der Waals surface area contributed by atoms with Crippen molar-refractivity contribution in [3.8, 4) is 0 Å². The van der Waals surface area contributed by atoms with Crippen molar-refractivity contribution in [3.63, 3.8) is 0 Å². The molecular formula is C15H21NO3. The molecule has 0 saturated carbocycles. The first-order valence-electron chi connectivity index (χ1n) is 6.34. The van der Waals surface area contributed by atoms with Gasteiger partial charge in [-0.2, -0.15) is 0 Å². The van der Waals surface area contributed by atoms with Gasteiger partial charge in [0.15, 0.2) is 0 Å². The molecule has 1 aromatic rings. The monoisotopic (exact) mass is 263 g/mol. The van der Waals surface area contributed by atoms with Gasteiger partial charge in [0.05, 0.1) is 0 Å². The number of carboxylic acid groups (broad SMARTS) is 1. The maximum Gasteiger partial charge on any atom is 0.407 e. The molecule has 0 aromatic heterocycles. The highest BCUT2D eigenvalue weighted by Gasteiger charge is 2.19. The van der Waals surface area contributed by atoms with E-state index in [1.165, 1.54) is 4.90 Å². The highest BCUT2D eigenvalue weighted by atomic mass is 16.4. The summed E-state index contributed by atoms with van der Waals surface area (Å²) in [5.74, 6) is 0. The third-order valence-electron chi connectivity index (χ3n) is 2.72. The van der Waals surface area contributed by atoms with Gasteiger partial charge in [-0.1, -0.05) is 45.0 Å². The van der Waals surface area contributed by atoms with Crippen LogP contribution in [0.5, 0.6) is 0 Å². The Kier molecular flexibility index (Phi) is 5.10. The maximum atomic E-state index is 11.2. The standard InChI is InChI=1S/C15H21NO3/c1-15(2,3)11-16(14(18)19)9-8-12-4-6-13(10-17)7-5-12/h4-7,10H,8-9,11H2,1-3H3,(H,18,19). The molecule has 0 unspecified atom stereocenters. The van der Waals surface area contributed by atoms with Gasteiger partial charge in [0, 0.05) is 18.7 Å². The van der Waals surface area contributed by atoms with Gasteiger partial charge in [0.1, 0.15) is 6.29 Å². The van der Waals surface area contributed by atoms with Crippen LogP contribution in [0.3, 0.4) is 0 Å². The summed E-state index contributed by atoms with van der Waals surface area (Å²) in [4.78, 5) is 23.2. The third-order valence-corrected chi connectivity index (χ3v) is 2.72. The summed E-state index contributed by atoms with van der Waals surface area (Å²) in [6.07, 6.45) is 0.563. The van der Waals surface area contributed by atoms with Crippen LogP contribution in [0, 0.1) is 5.41 Å². The van der Waals surface area contributed by atoms with Gasteiger partial charge in [0.25, 0.3) is 0 Å². The van der Waals surface area contributed by atoms with Crippen molar-refractivity contribution >= 4 is 12.4 Å². The first kappa shape index (κ1) is 15.2. The molecule has 0 spiro atoms. The first-order chi connectivity index (χ1) is 8.81. The third kappa shape index (κ3) is 5.55. The van der Waals surface area contributed by atoms with Crippen molar-refractivity contribution in [1.29, 1.82) is 0 Å². The van der Waals surface area contributed by atoms with Crippen LogP contribution in [0.4, 0.5) is 4.79 Å². The van der Waals surface area contributed by atoms with Crippen LogP contribution in [0.2, 0.25) is 0 Å². The minimum absolute atomic E-state index is 0.0558. The average molecular weight is 263 g/mol. The largest absolute Gasteiger partial charge is 0.465 e. The zero-order valence-electron chi connectivity index (χ0n) is 11.7. The molecule has 1 rings (SSSR count). The molecule has 0 fully saturated rings. The summed E-state index contributed by atoms with van der Waals surface area (Å²) in [7, 11) is 0. The maximum absolute atomic E-state index is 11.2.